The van der Waals surface area contributed by atoms with E-state index in [4.69, 9.17) is 0 Å². The van der Waals surface area contributed by atoms with Gasteiger partial charge in [-0.1, -0.05) is 6.07 Å². The summed E-state index contributed by atoms with van der Waals surface area (Å²) in [4.78, 5) is 33.0. The van der Waals surface area contributed by atoms with Crippen molar-refractivity contribution < 1.29 is 36.3 Å². The van der Waals surface area contributed by atoms with Crippen LogP contribution in [-0.2, 0) is 6.54 Å². The molecule has 1 atom stereocenters. The fraction of sp³-hybridized carbons (Fsp3) is 0.435. The van der Waals surface area contributed by atoms with Gasteiger partial charge in [0.15, 0.2) is 11.6 Å². The molecular formula is C23H24F5N5O3. The third-order valence-electron chi connectivity index (χ3n) is 5.91. The van der Waals surface area contributed by atoms with E-state index >= 15 is 0 Å². The van der Waals surface area contributed by atoms with Crippen molar-refractivity contribution in [1.29, 1.82) is 0 Å². The average Bonchev–Trinajstić information content (AvgIpc) is 3.65. The summed E-state index contributed by atoms with van der Waals surface area (Å²) in [6.45, 7) is 0.356. The number of halogens is 5. The summed E-state index contributed by atoms with van der Waals surface area (Å²) in [7, 11) is 0. The average molecular weight is 513 g/mol. The van der Waals surface area contributed by atoms with Crippen LogP contribution in [0.3, 0.4) is 0 Å². The zero-order chi connectivity index (χ0) is 25.9. The number of hydrogen-bond acceptors (Lipinski definition) is 4. The number of nitrogens with one attached hydrogen (secondary N) is 2. The van der Waals surface area contributed by atoms with Crippen molar-refractivity contribution in [3.8, 4) is 5.75 Å². The third kappa shape index (κ3) is 6.52. The number of benzene rings is 1. The molecule has 2 aromatic rings. The van der Waals surface area contributed by atoms with Gasteiger partial charge in [0, 0.05) is 43.5 Å². The number of anilines is 1. The molecule has 1 aliphatic heterocycles. The molecule has 2 fully saturated rings. The minimum atomic E-state index is -5.17. The Bertz CT molecular complexity index is 1100. The highest BCUT2D eigenvalue weighted by molar-refractivity contribution is 5.88. The van der Waals surface area contributed by atoms with E-state index in [9.17, 15) is 31.5 Å². The Morgan fingerprint density at radius 3 is 2.56 bits per heavy atom. The van der Waals surface area contributed by atoms with Crippen molar-refractivity contribution >= 4 is 17.9 Å². The Balaban J connectivity index is 1.38. The van der Waals surface area contributed by atoms with Gasteiger partial charge in [-0.05, 0) is 43.9 Å². The summed E-state index contributed by atoms with van der Waals surface area (Å²) in [6, 6.07) is 4.79. The van der Waals surface area contributed by atoms with E-state index in [2.05, 4.69) is 20.4 Å². The molecule has 4 amide bonds. The van der Waals surface area contributed by atoms with E-state index in [0.717, 1.165) is 12.8 Å². The minimum Gasteiger partial charge on any atom is -0.403 e. The predicted molar refractivity (Wildman–Crippen MR) is 118 cm³/mol. The second-order valence-corrected chi connectivity index (χ2v) is 8.61. The number of pyridine rings is 1. The Morgan fingerprint density at radius 1 is 1.11 bits per heavy atom. The first kappa shape index (κ1) is 25.5. The molecule has 13 heteroatoms. The number of carbonyl (C=O) groups excluding carboxylic acids is 2. The zero-order valence-electron chi connectivity index (χ0n) is 19.0. The molecule has 2 heterocycles. The van der Waals surface area contributed by atoms with Gasteiger partial charge in [0.05, 0.1) is 6.04 Å². The Hall–Kier alpha value is -3.64. The van der Waals surface area contributed by atoms with Gasteiger partial charge in [0.2, 0.25) is 0 Å². The van der Waals surface area contributed by atoms with Gasteiger partial charge < -0.3 is 19.9 Å². The molecule has 1 saturated carbocycles. The highest BCUT2D eigenvalue weighted by Crippen LogP contribution is 2.32. The summed E-state index contributed by atoms with van der Waals surface area (Å²) < 4.78 is 68.7. The van der Waals surface area contributed by atoms with Crippen LogP contribution in [0.5, 0.6) is 5.75 Å². The lowest BCUT2D eigenvalue weighted by Crippen LogP contribution is -2.55. The monoisotopic (exact) mass is 513 g/mol. The highest BCUT2D eigenvalue weighted by atomic mass is 19.4. The molecule has 0 radical (unpaired) electrons. The van der Waals surface area contributed by atoms with E-state index in [1.54, 1.807) is 34.2 Å². The molecule has 8 nitrogen and oxygen atoms in total. The fourth-order valence-corrected chi connectivity index (χ4v) is 4.14. The topological polar surface area (TPSA) is 86.8 Å². The first-order valence-electron chi connectivity index (χ1n) is 11.4. The molecule has 0 spiro atoms. The van der Waals surface area contributed by atoms with Gasteiger partial charge in [-0.3, -0.25) is 5.32 Å². The molecule has 2 aliphatic rings. The van der Waals surface area contributed by atoms with Crippen LogP contribution in [-0.4, -0.2) is 58.4 Å². The summed E-state index contributed by atoms with van der Waals surface area (Å²) in [5.41, 5.74) is -0.328. The fourth-order valence-electron chi connectivity index (χ4n) is 4.14. The Morgan fingerprint density at radius 2 is 1.89 bits per heavy atom. The lowest BCUT2D eigenvalue weighted by atomic mass is 10.0. The van der Waals surface area contributed by atoms with Gasteiger partial charge >= 0.3 is 18.4 Å². The van der Waals surface area contributed by atoms with Crippen LogP contribution in [0.1, 0.15) is 31.2 Å². The van der Waals surface area contributed by atoms with Crippen LogP contribution in [0.15, 0.2) is 36.5 Å². The number of hydrogen-bond donors (Lipinski definition) is 2. The van der Waals surface area contributed by atoms with Crippen molar-refractivity contribution in [3.05, 3.63) is 53.7 Å². The van der Waals surface area contributed by atoms with Crippen molar-refractivity contribution in [3.63, 3.8) is 0 Å². The summed E-state index contributed by atoms with van der Waals surface area (Å²) >= 11 is 0. The van der Waals surface area contributed by atoms with Crippen LogP contribution in [0.4, 0.5) is 37.4 Å². The lowest BCUT2D eigenvalue weighted by molar-refractivity contribution is -0.275. The number of piperidine rings is 1. The molecule has 0 bridgehead atoms. The van der Waals surface area contributed by atoms with Crippen LogP contribution in [0.2, 0.25) is 0 Å². The van der Waals surface area contributed by atoms with E-state index in [0.29, 0.717) is 37.3 Å². The van der Waals surface area contributed by atoms with Crippen LogP contribution in [0.25, 0.3) is 0 Å². The number of alkyl halides is 3. The smallest absolute Gasteiger partial charge is 0.403 e. The molecule has 194 valence electrons. The molecule has 1 aliphatic carbocycles. The summed E-state index contributed by atoms with van der Waals surface area (Å²) in [6.07, 6.45) is -0.746. The number of aromatic nitrogens is 1. The normalized spacial score (nSPS) is 17.9. The van der Waals surface area contributed by atoms with Crippen molar-refractivity contribution in [2.24, 2.45) is 0 Å². The van der Waals surface area contributed by atoms with Crippen LogP contribution < -0.4 is 15.4 Å². The molecule has 1 aromatic carbocycles. The number of nitrogens with zero attached hydrogens (tertiary/aromatic N) is 3. The summed E-state index contributed by atoms with van der Waals surface area (Å²) in [5.74, 6) is -3.44. The third-order valence-corrected chi connectivity index (χ3v) is 5.91. The Labute approximate surface area is 203 Å². The molecular weight excluding hydrogens is 489 g/mol. The lowest BCUT2D eigenvalue weighted by Gasteiger charge is -2.39. The van der Waals surface area contributed by atoms with Gasteiger partial charge in [-0.15, -0.1) is 13.2 Å². The standard InChI is InChI=1S/C23H24F5N5O3/c24-17-11-19(36-23(26,27)28)18(25)10-14(17)12-30-21(34)33(15-6-7-15)16-4-3-9-32(13-16)22(35)31-20-5-1-2-8-29-20/h1-2,5,8,10-11,15-16H,3-4,6-7,9,12-13H2,(H,30,34)(H,29,31,35)/t16-/m1/s1. The van der Waals surface area contributed by atoms with Crippen molar-refractivity contribution in [2.45, 2.75) is 50.7 Å². The maximum absolute atomic E-state index is 14.3. The number of rotatable bonds is 6. The Kier molecular flexibility index (Phi) is 7.45. The van der Waals surface area contributed by atoms with Gasteiger partial charge in [0.1, 0.15) is 11.6 Å². The minimum absolute atomic E-state index is 0.0436. The number of amides is 4. The first-order chi connectivity index (χ1) is 17.1. The number of urea groups is 2. The second kappa shape index (κ2) is 10.5. The molecule has 2 N–H and O–H groups in total. The van der Waals surface area contributed by atoms with E-state index in [-0.39, 0.29) is 30.2 Å². The van der Waals surface area contributed by atoms with Crippen molar-refractivity contribution in [2.75, 3.05) is 18.4 Å². The molecule has 0 unspecified atom stereocenters. The van der Waals surface area contributed by atoms with Crippen LogP contribution >= 0.6 is 0 Å². The SMILES string of the molecule is O=C(Nc1ccccn1)N1CCC[C@@H](N(C(=O)NCc2cc(F)c(OC(F)(F)F)cc2F)C2CC2)C1. The van der Waals surface area contributed by atoms with E-state index in [1.807, 2.05) is 0 Å². The molecule has 36 heavy (non-hydrogen) atoms. The maximum atomic E-state index is 14.3. The highest BCUT2D eigenvalue weighted by Gasteiger charge is 2.40. The maximum Gasteiger partial charge on any atom is 0.573 e. The predicted octanol–water partition coefficient (Wildman–Crippen LogP) is 4.63. The zero-order valence-corrected chi connectivity index (χ0v) is 19.0. The largest absolute Gasteiger partial charge is 0.573 e. The quantitative estimate of drug-likeness (QED) is 0.552. The molecule has 1 saturated heterocycles. The van der Waals surface area contributed by atoms with Gasteiger partial charge in [-0.2, -0.15) is 0 Å². The number of ether oxygens (including phenoxy) is 1. The van der Waals surface area contributed by atoms with Gasteiger partial charge in [0.25, 0.3) is 0 Å². The van der Waals surface area contributed by atoms with Gasteiger partial charge in [-0.25, -0.2) is 23.4 Å². The molecule has 1 aromatic heterocycles. The number of likely N-dealkylation sites (tertiary alicyclic amines) is 1. The summed E-state index contributed by atoms with van der Waals surface area (Å²) in [5, 5.41) is 5.25. The first-order valence-corrected chi connectivity index (χ1v) is 11.4. The number of carbonyl (C=O) groups is 2. The van der Waals surface area contributed by atoms with Crippen molar-refractivity contribution in [1.82, 2.24) is 20.1 Å². The molecule has 4 rings (SSSR count). The van der Waals surface area contributed by atoms with E-state index < -0.39 is 36.3 Å². The van der Waals surface area contributed by atoms with E-state index in [1.165, 1.54) is 0 Å². The second-order valence-electron chi connectivity index (χ2n) is 8.61. The van der Waals surface area contributed by atoms with Crippen LogP contribution in [0, 0.1) is 11.6 Å².